The number of carboxylic acid groups (broad SMARTS) is 2. The third-order valence-corrected chi connectivity index (χ3v) is 2.83. The summed E-state index contributed by atoms with van der Waals surface area (Å²) in [6.45, 7) is 3.29. The van der Waals surface area contributed by atoms with Gasteiger partial charge in [-0.15, -0.1) is 0 Å². The van der Waals surface area contributed by atoms with Gasteiger partial charge in [-0.1, -0.05) is 51.9 Å². The van der Waals surface area contributed by atoms with E-state index in [1.807, 2.05) is 0 Å². The zero-order chi connectivity index (χ0) is 15.8. The SMILES string of the molecule is CC(=O)O.CCCCCCCCCC(O)CCC(=O)O. The van der Waals surface area contributed by atoms with Crippen LogP contribution in [0.4, 0.5) is 0 Å². The zero-order valence-corrected chi connectivity index (χ0v) is 12.8. The molecule has 3 N–H and O–H groups in total. The Labute approximate surface area is 122 Å². The highest BCUT2D eigenvalue weighted by Crippen LogP contribution is 2.11. The van der Waals surface area contributed by atoms with Gasteiger partial charge in [0.05, 0.1) is 6.10 Å². The molecule has 0 saturated carbocycles. The van der Waals surface area contributed by atoms with Gasteiger partial charge in [-0.05, 0) is 12.8 Å². The maximum Gasteiger partial charge on any atom is 0.303 e. The molecule has 0 aromatic carbocycles. The van der Waals surface area contributed by atoms with E-state index in [0.717, 1.165) is 26.2 Å². The molecular formula is C15H30O5. The van der Waals surface area contributed by atoms with E-state index in [1.165, 1.54) is 32.1 Å². The molecular weight excluding hydrogens is 260 g/mol. The maximum absolute atomic E-state index is 10.3. The summed E-state index contributed by atoms with van der Waals surface area (Å²) < 4.78 is 0. The lowest BCUT2D eigenvalue weighted by molar-refractivity contribution is -0.137. The minimum atomic E-state index is -0.833. The lowest BCUT2D eigenvalue weighted by atomic mass is 10.0. The molecule has 0 radical (unpaired) electrons. The van der Waals surface area contributed by atoms with E-state index in [-0.39, 0.29) is 6.42 Å². The van der Waals surface area contributed by atoms with Gasteiger partial charge < -0.3 is 15.3 Å². The first-order chi connectivity index (χ1) is 9.40. The average molecular weight is 290 g/mol. The maximum atomic E-state index is 10.3. The molecule has 120 valence electrons. The molecule has 0 aliphatic rings. The first kappa shape index (κ1) is 21.2. The molecule has 1 atom stereocenters. The number of rotatable bonds is 11. The summed E-state index contributed by atoms with van der Waals surface area (Å²) in [6.07, 6.45) is 9.43. The fourth-order valence-electron chi connectivity index (χ4n) is 1.77. The molecule has 0 amide bonds. The molecule has 5 nitrogen and oxygen atoms in total. The van der Waals surface area contributed by atoms with Gasteiger partial charge >= 0.3 is 5.97 Å². The van der Waals surface area contributed by atoms with Gasteiger partial charge in [0, 0.05) is 13.3 Å². The second kappa shape index (κ2) is 16.0. The van der Waals surface area contributed by atoms with Gasteiger partial charge in [0.1, 0.15) is 0 Å². The average Bonchev–Trinajstić information content (AvgIpc) is 2.34. The minimum Gasteiger partial charge on any atom is -0.481 e. The number of aliphatic carboxylic acids is 2. The number of hydrogen-bond donors (Lipinski definition) is 3. The van der Waals surface area contributed by atoms with E-state index in [0.29, 0.717) is 6.42 Å². The Hall–Kier alpha value is -1.10. The lowest BCUT2D eigenvalue weighted by Crippen LogP contribution is -2.09. The van der Waals surface area contributed by atoms with E-state index in [9.17, 15) is 9.90 Å². The van der Waals surface area contributed by atoms with Gasteiger partial charge in [-0.2, -0.15) is 0 Å². The Kier molecular flexibility index (Phi) is 16.9. The fraction of sp³-hybridized carbons (Fsp3) is 0.867. The van der Waals surface area contributed by atoms with Crippen molar-refractivity contribution in [1.82, 2.24) is 0 Å². The van der Waals surface area contributed by atoms with Gasteiger partial charge in [0.15, 0.2) is 0 Å². The summed E-state index contributed by atoms with van der Waals surface area (Å²) >= 11 is 0. The highest BCUT2D eigenvalue weighted by Gasteiger charge is 2.06. The number of carboxylic acids is 2. The van der Waals surface area contributed by atoms with E-state index in [1.54, 1.807) is 0 Å². The Morgan fingerprint density at radius 1 is 0.900 bits per heavy atom. The molecule has 0 rings (SSSR count). The van der Waals surface area contributed by atoms with Crippen LogP contribution in [-0.4, -0.2) is 33.4 Å². The van der Waals surface area contributed by atoms with E-state index >= 15 is 0 Å². The van der Waals surface area contributed by atoms with Crippen molar-refractivity contribution in [3.05, 3.63) is 0 Å². The molecule has 20 heavy (non-hydrogen) atoms. The van der Waals surface area contributed by atoms with Crippen molar-refractivity contribution in [1.29, 1.82) is 0 Å². The molecule has 0 spiro atoms. The van der Waals surface area contributed by atoms with Gasteiger partial charge in [0.25, 0.3) is 5.97 Å². The quantitative estimate of drug-likeness (QED) is 0.507. The van der Waals surface area contributed by atoms with E-state index in [2.05, 4.69) is 6.92 Å². The van der Waals surface area contributed by atoms with Crippen LogP contribution in [-0.2, 0) is 9.59 Å². The van der Waals surface area contributed by atoms with Crippen molar-refractivity contribution in [2.75, 3.05) is 0 Å². The molecule has 0 aliphatic heterocycles. The molecule has 0 fully saturated rings. The predicted octanol–water partition coefficient (Wildman–Crippen LogP) is 3.44. The standard InChI is InChI=1S/C13H26O3.C2H4O2/c1-2-3-4-5-6-7-8-9-12(14)10-11-13(15)16;1-2(3)4/h12,14H,2-11H2,1H3,(H,15,16);1H3,(H,3,4). The van der Waals surface area contributed by atoms with Crippen LogP contribution in [0.1, 0.15) is 78.1 Å². The van der Waals surface area contributed by atoms with E-state index < -0.39 is 18.0 Å². The second-order valence-electron chi connectivity index (χ2n) is 5.02. The molecule has 5 heteroatoms. The first-order valence-corrected chi connectivity index (χ1v) is 7.49. The number of hydrogen-bond acceptors (Lipinski definition) is 3. The van der Waals surface area contributed by atoms with Crippen LogP contribution in [0.2, 0.25) is 0 Å². The third-order valence-electron chi connectivity index (χ3n) is 2.83. The normalized spacial score (nSPS) is 11.3. The van der Waals surface area contributed by atoms with Crippen molar-refractivity contribution in [2.45, 2.75) is 84.2 Å². The van der Waals surface area contributed by atoms with Crippen molar-refractivity contribution < 1.29 is 24.9 Å². The lowest BCUT2D eigenvalue weighted by Gasteiger charge is -2.08. The smallest absolute Gasteiger partial charge is 0.303 e. The summed E-state index contributed by atoms with van der Waals surface area (Å²) in [7, 11) is 0. The summed E-state index contributed by atoms with van der Waals surface area (Å²) in [5.74, 6) is -1.65. The summed E-state index contributed by atoms with van der Waals surface area (Å²) in [6, 6.07) is 0. The highest BCUT2D eigenvalue weighted by molar-refractivity contribution is 5.66. The summed E-state index contributed by atoms with van der Waals surface area (Å²) in [5, 5.41) is 25.3. The number of carbonyl (C=O) groups is 2. The van der Waals surface area contributed by atoms with Crippen LogP contribution in [0.25, 0.3) is 0 Å². The van der Waals surface area contributed by atoms with Crippen LogP contribution >= 0.6 is 0 Å². The molecule has 0 saturated heterocycles. The molecule has 0 aromatic heterocycles. The van der Waals surface area contributed by atoms with Crippen molar-refractivity contribution in [3.8, 4) is 0 Å². The number of aliphatic hydroxyl groups is 1. The van der Waals surface area contributed by atoms with Crippen LogP contribution in [0, 0.1) is 0 Å². The fourth-order valence-corrected chi connectivity index (χ4v) is 1.77. The van der Waals surface area contributed by atoms with Crippen molar-refractivity contribution in [3.63, 3.8) is 0 Å². The summed E-state index contributed by atoms with van der Waals surface area (Å²) in [5.41, 5.74) is 0. The first-order valence-electron chi connectivity index (χ1n) is 7.49. The topological polar surface area (TPSA) is 94.8 Å². The van der Waals surface area contributed by atoms with Gasteiger partial charge in [-0.25, -0.2) is 0 Å². The largest absolute Gasteiger partial charge is 0.481 e. The second-order valence-corrected chi connectivity index (χ2v) is 5.02. The predicted molar refractivity (Wildman–Crippen MR) is 78.8 cm³/mol. The number of aliphatic hydroxyl groups excluding tert-OH is 1. The Balaban J connectivity index is 0. The highest BCUT2D eigenvalue weighted by atomic mass is 16.4. The van der Waals surface area contributed by atoms with E-state index in [4.69, 9.17) is 15.0 Å². The Morgan fingerprint density at radius 3 is 1.80 bits per heavy atom. The van der Waals surface area contributed by atoms with Crippen LogP contribution in [0.3, 0.4) is 0 Å². The monoisotopic (exact) mass is 290 g/mol. The van der Waals surface area contributed by atoms with Crippen molar-refractivity contribution in [2.24, 2.45) is 0 Å². The number of unbranched alkanes of at least 4 members (excludes halogenated alkanes) is 6. The molecule has 0 aromatic rings. The molecule has 0 aliphatic carbocycles. The van der Waals surface area contributed by atoms with Crippen molar-refractivity contribution >= 4 is 11.9 Å². The van der Waals surface area contributed by atoms with Gasteiger partial charge in [0.2, 0.25) is 0 Å². The third kappa shape index (κ3) is 25.7. The summed E-state index contributed by atoms with van der Waals surface area (Å²) in [4.78, 5) is 19.3. The Morgan fingerprint density at radius 2 is 1.35 bits per heavy atom. The van der Waals surface area contributed by atoms with Gasteiger partial charge in [-0.3, -0.25) is 9.59 Å². The molecule has 0 heterocycles. The van der Waals surface area contributed by atoms with Crippen LogP contribution in [0.5, 0.6) is 0 Å². The molecule has 1 unspecified atom stereocenters. The van der Waals surface area contributed by atoms with Crippen LogP contribution in [0.15, 0.2) is 0 Å². The van der Waals surface area contributed by atoms with Crippen LogP contribution < -0.4 is 0 Å². The minimum absolute atomic E-state index is 0.0810. The molecule has 0 bridgehead atoms. The zero-order valence-electron chi connectivity index (χ0n) is 12.8. The Bertz CT molecular complexity index is 236.